The molecule has 3 rings (SSSR count). The number of halogens is 1. The molecule has 5 heteroatoms. The number of phenolic OH excluding ortho intramolecular Hbond substituents is 1. The summed E-state index contributed by atoms with van der Waals surface area (Å²) in [4.78, 5) is 13.9. The molecule has 0 bridgehead atoms. The first-order valence-electron chi connectivity index (χ1n) is 6.45. The highest BCUT2D eigenvalue weighted by atomic mass is 35.5. The van der Waals surface area contributed by atoms with Crippen molar-refractivity contribution in [3.05, 3.63) is 40.9 Å². The van der Waals surface area contributed by atoms with Crippen molar-refractivity contribution in [1.29, 1.82) is 0 Å². The summed E-state index contributed by atoms with van der Waals surface area (Å²) in [6.07, 6.45) is 0.0744. The van der Waals surface area contributed by atoms with Gasteiger partial charge in [-0.25, -0.2) is 0 Å². The molecule has 0 unspecified atom stereocenters. The van der Waals surface area contributed by atoms with Crippen molar-refractivity contribution in [3.8, 4) is 5.75 Å². The normalized spacial score (nSPS) is 18.7. The van der Waals surface area contributed by atoms with Crippen molar-refractivity contribution < 1.29 is 15.0 Å². The predicted octanol–water partition coefficient (Wildman–Crippen LogP) is 2.41. The Morgan fingerprint density at radius 2 is 2.00 bits per heavy atom. The molecule has 1 aliphatic heterocycles. The lowest BCUT2D eigenvalue weighted by Crippen LogP contribution is -2.29. The summed E-state index contributed by atoms with van der Waals surface area (Å²) in [5.74, 6) is -0.358. The molecule has 2 aromatic rings. The summed E-state index contributed by atoms with van der Waals surface area (Å²) < 4.78 is 0. The van der Waals surface area contributed by atoms with Crippen LogP contribution >= 0.6 is 11.6 Å². The summed E-state index contributed by atoms with van der Waals surface area (Å²) >= 11 is 6.18. The highest BCUT2D eigenvalue weighted by molar-refractivity contribution is 6.36. The molecule has 1 atom stereocenters. The lowest BCUT2D eigenvalue weighted by atomic mass is 10.0. The Morgan fingerprint density at radius 3 is 2.65 bits per heavy atom. The van der Waals surface area contributed by atoms with E-state index in [1.807, 2.05) is 6.07 Å². The first kappa shape index (κ1) is 13.2. The number of phenols is 1. The molecule has 1 heterocycles. The molecule has 0 spiro atoms. The Hall–Kier alpha value is -1.78. The summed E-state index contributed by atoms with van der Waals surface area (Å²) in [5.41, 5.74) is 0.183. The zero-order valence-electron chi connectivity index (χ0n) is 10.7. The number of rotatable bonds is 1. The van der Waals surface area contributed by atoms with Gasteiger partial charge in [0.1, 0.15) is 5.75 Å². The van der Waals surface area contributed by atoms with E-state index < -0.39 is 6.10 Å². The Balaban J connectivity index is 2.08. The third-order valence-corrected chi connectivity index (χ3v) is 3.96. The summed E-state index contributed by atoms with van der Waals surface area (Å²) in [6.45, 7) is 0.784. The van der Waals surface area contributed by atoms with Gasteiger partial charge in [-0.15, -0.1) is 0 Å². The average molecular weight is 292 g/mol. The van der Waals surface area contributed by atoms with E-state index in [-0.39, 0.29) is 17.2 Å². The Labute approximate surface area is 121 Å². The molecular weight excluding hydrogens is 278 g/mol. The largest absolute Gasteiger partial charge is 0.506 e. The van der Waals surface area contributed by atoms with Crippen LogP contribution in [0.4, 0.5) is 0 Å². The van der Waals surface area contributed by atoms with E-state index in [1.165, 1.54) is 11.0 Å². The molecule has 0 aromatic heterocycles. The number of aliphatic hydroxyl groups excluding tert-OH is 1. The molecule has 1 fully saturated rings. The molecule has 0 aliphatic carbocycles. The fourth-order valence-corrected chi connectivity index (χ4v) is 2.85. The van der Waals surface area contributed by atoms with Crippen LogP contribution in [0.2, 0.25) is 5.02 Å². The van der Waals surface area contributed by atoms with Crippen LogP contribution < -0.4 is 0 Å². The number of carbonyl (C=O) groups excluding carboxylic acids is 1. The van der Waals surface area contributed by atoms with Crippen LogP contribution in [-0.2, 0) is 0 Å². The third-order valence-electron chi connectivity index (χ3n) is 3.65. The summed E-state index contributed by atoms with van der Waals surface area (Å²) in [7, 11) is 0. The van der Waals surface area contributed by atoms with Crippen LogP contribution in [0.5, 0.6) is 5.75 Å². The van der Waals surface area contributed by atoms with Crippen LogP contribution in [0.25, 0.3) is 10.8 Å². The summed E-state index contributed by atoms with van der Waals surface area (Å²) in [5, 5.41) is 21.5. The van der Waals surface area contributed by atoms with E-state index in [0.29, 0.717) is 35.3 Å². The fraction of sp³-hybridized carbons (Fsp3) is 0.267. The highest BCUT2D eigenvalue weighted by Crippen LogP contribution is 2.35. The second-order valence-corrected chi connectivity index (χ2v) is 5.40. The van der Waals surface area contributed by atoms with Crippen molar-refractivity contribution in [3.63, 3.8) is 0 Å². The topological polar surface area (TPSA) is 60.8 Å². The van der Waals surface area contributed by atoms with Gasteiger partial charge in [0, 0.05) is 28.9 Å². The van der Waals surface area contributed by atoms with Crippen LogP contribution in [0.3, 0.4) is 0 Å². The van der Waals surface area contributed by atoms with E-state index in [4.69, 9.17) is 11.6 Å². The Morgan fingerprint density at radius 1 is 1.30 bits per heavy atom. The molecule has 2 N–H and O–H groups in total. The van der Waals surface area contributed by atoms with Crippen molar-refractivity contribution in [1.82, 2.24) is 4.90 Å². The number of nitrogens with zero attached hydrogens (tertiary/aromatic N) is 1. The number of benzene rings is 2. The van der Waals surface area contributed by atoms with Crippen LogP contribution in [0.15, 0.2) is 30.3 Å². The average Bonchev–Trinajstić information content (AvgIpc) is 2.89. The molecule has 1 saturated heterocycles. The molecule has 2 aromatic carbocycles. The van der Waals surface area contributed by atoms with Crippen molar-refractivity contribution in [2.24, 2.45) is 0 Å². The van der Waals surface area contributed by atoms with Crippen molar-refractivity contribution in [2.75, 3.05) is 13.1 Å². The quantitative estimate of drug-likeness (QED) is 0.848. The molecule has 0 saturated carbocycles. The lowest BCUT2D eigenvalue weighted by Gasteiger charge is -2.17. The second kappa shape index (κ2) is 4.96. The van der Waals surface area contributed by atoms with Gasteiger partial charge in [-0.05, 0) is 12.5 Å². The number of aromatic hydroxyl groups is 1. The third kappa shape index (κ3) is 2.11. The molecule has 4 nitrogen and oxygen atoms in total. The van der Waals surface area contributed by atoms with Gasteiger partial charge in [0.15, 0.2) is 0 Å². The number of hydrogen-bond acceptors (Lipinski definition) is 3. The van der Waals surface area contributed by atoms with Crippen LogP contribution in [0, 0.1) is 0 Å². The molecule has 20 heavy (non-hydrogen) atoms. The number of likely N-dealkylation sites (tertiary alicyclic amines) is 1. The number of hydrogen-bond donors (Lipinski definition) is 2. The Kier molecular flexibility index (Phi) is 3.28. The molecule has 1 amide bonds. The maximum atomic E-state index is 12.4. The fourth-order valence-electron chi connectivity index (χ4n) is 2.58. The van der Waals surface area contributed by atoms with Gasteiger partial charge >= 0.3 is 0 Å². The monoisotopic (exact) mass is 291 g/mol. The zero-order chi connectivity index (χ0) is 14.3. The minimum absolute atomic E-state index is 0.0589. The standard InChI is InChI=1S/C15H14ClNO3/c16-13-7-12(15(20)17-6-5-9(18)8-17)14(19)11-4-2-1-3-10(11)13/h1-4,7,9,18-19H,5-6,8H2/t9-/m1/s1. The van der Waals surface area contributed by atoms with E-state index in [0.717, 1.165) is 0 Å². The van der Waals surface area contributed by atoms with Gasteiger partial charge in [-0.2, -0.15) is 0 Å². The number of aliphatic hydroxyl groups is 1. The van der Waals surface area contributed by atoms with Gasteiger partial charge in [0.2, 0.25) is 0 Å². The lowest BCUT2D eigenvalue weighted by molar-refractivity contribution is 0.0762. The Bertz CT molecular complexity index is 686. The molecule has 1 aliphatic rings. The molecular formula is C15H14ClNO3. The number of carbonyl (C=O) groups is 1. The minimum Gasteiger partial charge on any atom is -0.506 e. The molecule has 104 valence electrons. The van der Waals surface area contributed by atoms with E-state index in [1.54, 1.807) is 18.2 Å². The SMILES string of the molecule is O=C(c1cc(Cl)c2ccccc2c1O)N1CC[C@@H](O)C1. The van der Waals surface area contributed by atoms with Gasteiger partial charge < -0.3 is 15.1 Å². The second-order valence-electron chi connectivity index (χ2n) is 4.99. The van der Waals surface area contributed by atoms with Crippen LogP contribution in [-0.4, -0.2) is 40.2 Å². The maximum absolute atomic E-state index is 12.4. The van der Waals surface area contributed by atoms with Gasteiger partial charge in [-0.1, -0.05) is 35.9 Å². The first-order chi connectivity index (χ1) is 9.58. The zero-order valence-corrected chi connectivity index (χ0v) is 11.5. The highest BCUT2D eigenvalue weighted by Gasteiger charge is 2.28. The molecule has 0 radical (unpaired) electrons. The first-order valence-corrected chi connectivity index (χ1v) is 6.83. The minimum atomic E-state index is -0.489. The smallest absolute Gasteiger partial charge is 0.257 e. The predicted molar refractivity (Wildman–Crippen MR) is 77.2 cm³/mol. The maximum Gasteiger partial charge on any atom is 0.257 e. The van der Waals surface area contributed by atoms with E-state index in [2.05, 4.69) is 0 Å². The van der Waals surface area contributed by atoms with Gasteiger partial charge in [0.25, 0.3) is 5.91 Å². The van der Waals surface area contributed by atoms with Gasteiger partial charge in [0.05, 0.1) is 11.7 Å². The van der Waals surface area contributed by atoms with Gasteiger partial charge in [-0.3, -0.25) is 4.79 Å². The number of fused-ring (bicyclic) bond motifs is 1. The van der Waals surface area contributed by atoms with Crippen molar-refractivity contribution >= 4 is 28.3 Å². The van der Waals surface area contributed by atoms with Crippen LogP contribution in [0.1, 0.15) is 16.8 Å². The van der Waals surface area contributed by atoms with E-state index in [9.17, 15) is 15.0 Å². The van der Waals surface area contributed by atoms with Crippen molar-refractivity contribution in [2.45, 2.75) is 12.5 Å². The number of β-amino-alcohol motifs (C(OH)–C–C–N with tert-alkyl or cyclic N) is 1. The summed E-state index contributed by atoms with van der Waals surface area (Å²) in [6, 6.07) is 8.63. The number of amides is 1. The van der Waals surface area contributed by atoms with E-state index >= 15 is 0 Å².